The molecular weight excluding hydrogens is 230 g/mol. The van der Waals surface area contributed by atoms with Gasteiger partial charge in [-0.1, -0.05) is 0 Å². The van der Waals surface area contributed by atoms with E-state index >= 15 is 0 Å². The van der Waals surface area contributed by atoms with Crippen LogP contribution in [0.3, 0.4) is 0 Å². The van der Waals surface area contributed by atoms with Crippen LogP contribution in [-0.2, 0) is 0 Å². The number of aryl methyl sites for hydroxylation is 1. The number of nitrogens with one attached hydrogen (secondary N) is 2. The summed E-state index contributed by atoms with van der Waals surface area (Å²) in [5.41, 5.74) is 1.55. The maximum Gasteiger partial charge on any atom is 0.295 e. The minimum atomic E-state index is -0.316. The molecule has 6 heteroatoms. The molecule has 2 heterocycles. The molecule has 1 aliphatic carbocycles. The lowest BCUT2D eigenvalue weighted by molar-refractivity contribution is 0.101. The van der Waals surface area contributed by atoms with Gasteiger partial charge in [0.05, 0.1) is 11.9 Å². The van der Waals surface area contributed by atoms with Crippen LogP contribution in [0.2, 0.25) is 0 Å². The molecule has 2 aromatic heterocycles. The second-order valence-electron chi connectivity index (χ2n) is 4.46. The first kappa shape index (κ1) is 10.9. The molecule has 0 radical (unpaired) electrons. The summed E-state index contributed by atoms with van der Waals surface area (Å²) in [5.74, 6) is 1.13. The van der Waals surface area contributed by atoms with Crippen LogP contribution in [0.25, 0.3) is 0 Å². The maximum absolute atomic E-state index is 11.9. The summed E-state index contributed by atoms with van der Waals surface area (Å²) in [7, 11) is 0. The molecule has 1 fully saturated rings. The van der Waals surface area contributed by atoms with Gasteiger partial charge in [0.2, 0.25) is 5.82 Å². The Morgan fingerprint density at radius 1 is 1.44 bits per heavy atom. The van der Waals surface area contributed by atoms with Crippen molar-refractivity contribution in [1.29, 1.82) is 0 Å². The fraction of sp³-hybridized carbons (Fsp3) is 0.333. The van der Waals surface area contributed by atoms with Crippen molar-refractivity contribution in [2.75, 3.05) is 5.32 Å². The van der Waals surface area contributed by atoms with Gasteiger partial charge in [0.15, 0.2) is 0 Å². The van der Waals surface area contributed by atoms with Crippen LogP contribution in [0.15, 0.2) is 18.3 Å². The lowest BCUT2D eigenvalue weighted by Gasteiger charge is -2.01. The van der Waals surface area contributed by atoms with Gasteiger partial charge < -0.3 is 5.32 Å². The van der Waals surface area contributed by atoms with E-state index in [0.29, 0.717) is 11.6 Å². The molecule has 0 aromatic carbocycles. The molecule has 3 rings (SSSR count). The highest BCUT2D eigenvalue weighted by Crippen LogP contribution is 2.37. The standard InChI is InChI=1S/C12H13N5O/c1-7-2-5-9(6-13-7)14-12(18)11-15-10(16-17-11)8-3-4-8/h2,5-6,8H,3-4H2,1H3,(H,14,18)(H,15,16,17). The Labute approximate surface area is 104 Å². The Kier molecular flexibility index (Phi) is 2.55. The van der Waals surface area contributed by atoms with Gasteiger partial charge in [-0.15, -0.1) is 5.10 Å². The zero-order valence-electron chi connectivity index (χ0n) is 9.97. The number of nitrogens with zero attached hydrogens (tertiary/aromatic N) is 3. The summed E-state index contributed by atoms with van der Waals surface area (Å²) in [4.78, 5) is 20.2. The molecule has 0 unspecified atom stereocenters. The SMILES string of the molecule is Cc1ccc(NC(=O)c2n[nH]c(C3CC3)n2)cn1. The molecule has 92 valence electrons. The number of H-pyrrole nitrogens is 1. The van der Waals surface area contributed by atoms with E-state index in [0.717, 1.165) is 24.4 Å². The second kappa shape index (κ2) is 4.21. The molecule has 1 aliphatic rings. The molecule has 1 saturated carbocycles. The molecule has 0 spiro atoms. The summed E-state index contributed by atoms with van der Waals surface area (Å²) in [6, 6.07) is 3.64. The Bertz CT molecular complexity index is 570. The number of carbonyl (C=O) groups is 1. The van der Waals surface area contributed by atoms with Crippen LogP contribution in [0, 0.1) is 6.92 Å². The Balaban J connectivity index is 1.71. The van der Waals surface area contributed by atoms with Crippen molar-refractivity contribution in [3.63, 3.8) is 0 Å². The topological polar surface area (TPSA) is 83.6 Å². The molecule has 0 aliphatic heterocycles. The quantitative estimate of drug-likeness (QED) is 0.858. The van der Waals surface area contributed by atoms with Crippen LogP contribution < -0.4 is 5.32 Å². The van der Waals surface area contributed by atoms with Gasteiger partial charge in [-0.25, -0.2) is 4.98 Å². The van der Waals surface area contributed by atoms with E-state index in [1.54, 1.807) is 12.3 Å². The number of rotatable bonds is 3. The van der Waals surface area contributed by atoms with Crippen molar-refractivity contribution in [3.8, 4) is 0 Å². The molecule has 6 nitrogen and oxygen atoms in total. The van der Waals surface area contributed by atoms with Gasteiger partial charge in [0.1, 0.15) is 5.82 Å². The van der Waals surface area contributed by atoms with Crippen molar-refractivity contribution in [1.82, 2.24) is 20.2 Å². The number of carbonyl (C=O) groups excluding carboxylic acids is 1. The van der Waals surface area contributed by atoms with Crippen molar-refractivity contribution in [2.45, 2.75) is 25.7 Å². The van der Waals surface area contributed by atoms with E-state index < -0.39 is 0 Å². The first-order valence-electron chi connectivity index (χ1n) is 5.88. The predicted octanol–water partition coefficient (Wildman–Crippen LogP) is 1.64. The number of aromatic nitrogens is 4. The van der Waals surface area contributed by atoms with Gasteiger partial charge in [-0.3, -0.25) is 14.9 Å². The Hall–Kier alpha value is -2.24. The van der Waals surface area contributed by atoms with E-state index in [1.807, 2.05) is 13.0 Å². The van der Waals surface area contributed by atoms with E-state index in [2.05, 4.69) is 25.5 Å². The second-order valence-corrected chi connectivity index (χ2v) is 4.46. The Morgan fingerprint density at radius 3 is 2.94 bits per heavy atom. The average Bonchev–Trinajstić information content (AvgIpc) is 3.10. The number of hydrogen-bond donors (Lipinski definition) is 2. The van der Waals surface area contributed by atoms with Crippen LogP contribution in [0.4, 0.5) is 5.69 Å². The van der Waals surface area contributed by atoms with Gasteiger partial charge in [0, 0.05) is 11.6 Å². The van der Waals surface area contributed by atoms with Gasteiger partial charge in [0.25, 0.3) is 5.91 Å². The maximum atomic E-state index is 11.9. The zero-order valence-corrected chi connectivity index (χ0v) is 9.97. The molecule has 2 aromatic rings. The van der Waals surface area contributed by atoms with Gasteiger partial charge in [-0.2, -0.15) is 0 Å². The van der Waals surface area contributed by atoms with E-state index in [-0.39, 0.29) is 11.7 Å². The van der Waals surface area contributed by atoms with Gasteiger partial charge >= 0.3 is 0 Å². The number of pyridine rings is 1. The lowest BCUT2D eigenvalue weighted by Crippen LogP contribution is -2.14. The lowest BCUT2D eigenvalue weighted by atomic mass is 10.3. The highest BCUT2D eigenvalue weighted by Gasteiger charge is 2.28. The molecule has 18 heavy (non-hydrogen) atoms. The smallest absolute Gasteiger partial charge is 0.295 e. The molecular formula is C12H13N5O. The predicted molar refractivity (Wildman–Crippen MR) is 65.3 cm³/mol. The normalized spacial score (nSPS) is 14.5. The van der Waals surface area contributed by atoms with Crippen LogP contribution in [0.1, 0.15) is 40.9 Å². The number of aromatic amines is 1. The minimum absolute atomic E-state index is 0.178. The third-order valence-corrected chi connectivity index (χ3v) is 2.84. The average molecular weight is 243 g/mol. The number of anilines is 1. The fourth-order valence-electron chi connectivity index (χ4n) is 1.64. The highest BCUT2D eigenvalue weighted by molar-refractivity contribution is 6.01. The fourth-order valence-corrected chi connectivity index (χ4v) is 1.64. The molecule has 0 bridgehead atoms. The number of hydrogen-bond acceptors (Lipinski definition) is 4. The van der Waals surface area contributed by atoms with Crippen molar-refractivity contribution >= 4 is 11.6 Å². The summed E-state index contributed by atoms with van der Waals surface area (Å²) < 4.78 is 0. The van der Waals surface area contributed by atoms with Crippen molar-refractivity contribution in [2.24, 2.45) is 0 Å². The van der Waals surface area contributed by atoms with Gasteiger partial charge in [-0.05, 0) is 31.9 Å². The van der Waals surface area contributed by atoms with E-state index in [4.69, 9.17) is 0 Å². The van der Waals surface area contributed by atoms with Crippen LogP contribution in [0.5, 0.6) is 0 Å². The zero-order chi connectivity index (χ0) is 12.5. The van der Waals surface area contributed by atoms with Crippen LogP contribution >= 0.6 is 0 Å². The number of amides is 1. The summed E-state index contributed by atoms with van der Waals surface area (Å²) >= 11 is 0. The molecule has 0 saturated heterocycles. The molecule has 0 atom stereocenters. The van der Waals surface area contributed by atoms with Crippen molar-refractivity contribution < 1.29 is 4.79 Å². The third kappa shape index (κ3) is 2.22. The highest BCUT2D eigenvalue weighted by atomic mass is 16.2. The first-order valence-corrected chi connectivity index (χ1v) is 5.88. The monoisotopic (exact) mass is 243 g/mol. The van der Waals surface area contributed by atoms with Crippen LogP contribution in [-0.4, -0.2) is 26.1 Å². The first-order chi connectivity index (χ1) is 8.72. The largest absolute Gasteiger partial charge is 0.318 e. The Morgan fingerprint density at radius 2 is 2.28 bits per heavy atom. The molecule has 1 amide bonds. The molecule has 2 N–H and O–H groups in total. The summed E-state index contributed by atoms with van der Waals surface area (Å²) in [6.45, 7) is 1.89. The van der Waals surface area contributed by atoms with E-state index in [1.165, 1.54) is 0 Å². The summed E-state index contributed by atoms with van der Waals surface area (Å²) in [6.07, 6.45) is 3.86. The van der Waals surface area contributed by atoms with Crippen molar-refractivity contribution in [3.05, 3.63) is 35.7 Å². The summed E-state index contributed by atoms with van der Waals surface area (Å²) in [5, 5.41) is 9.44. The van der Waals surface area contributed by atoms with E-state index in [9.17, 15) is 4.79 Å². The minimum Gasteiger partial charge on any atom is -0.318 e. The third-order valence-electron chi connectivity index (χ3n) is 2.84.